The molecule has 1 nitrogen and oxygen atoms in total. The molecule has 1 aromatic carbocycles. The highest BCUT2D eigenvalue weighted by atomic mass is 16.3. The van der Waals surface area contributed by atoms with Crippen molar-refractivity contribution in [1.29, 1.82) is 0 Å². The van der Waals surface area contributed by atoms with Crippen molar-refractivity contribution in [1.82, 2.24) is 0 Å². The first-order chi connectivity index (χ1) is 7.31. The fraction of sp³-hybridized carbons (Fsp3) is 0.600. The van der Waals surface area contributed by atoms with Crippen LogP contribution in [-0.2, 0) is 6.42 Å². The van der Waals surface area contributed by atoms with Gasteiger partial charge in [0.25, 0.3) is 0 Å². The average Bonchev–Trinajstić information content (AvgIpc) is 2.12. The monoisotopic (exact) mass is 220 g/mol. The van der Waals surface area contributed by atoms with Crippen molar-refractivity contribution >= 4 is 0 Å². The normalized spacial score (nSPS) is 13.9. The Hall–Kier alpha value is -0.820. The van der Waals surface area contributed by atoms with Gasteiger partial charge in [0.1, 0.15) is 0 Å². The third-order valence-corrected chi connectivity index (χ3v) is 2.98. The number of benzene rings is 1. The SMILES string of the molecule is Cc1cccc(CCC(C)(C)C)c1C(C)O. The van der Waals surface area contributed by atoms with Crippen molar-refractivity contribution in [2.45, 2.75) is 53.6 Å². The lowest BCUT2D eigenvalue weighted by atomic mass is 9.86. The second-order valence-electron chi connectivity index (χ2n) is 5.88. The summed E-state index contributed by atoms with van der Waals surface area (Å²) in [5, 5.41) is 9.81. The molecule has 0 aliphatic rings. The summed E-state index contributed by atoms with van der Waals surface area (Å²) in [6, 6.07) is 6.29. The molecule has 0 amide bonds. The van der Waals surface area contributed by atoms with Crippen molar-refractivity contribution in [3.8, 4) is 0 Å². The van der Waals surface area contributed by atoms with E-state index in [0.717, 1.165) is 18.4 Å². The Labute approximate surface area is 99.5 Å². The molecule has 0 bridgehead atoms. The van der Waals surface area contributed by atoms with Crippen molar-refractivity contribution < 1.29 is 5.11 Å². The molecule has 1 rings (SSSR count). The van der Waals surface area contributed by atoms with Gasteiger partial charge in [-0.2, -0.15) is 0 Å². The molecule has 0 aromatic heterocycles. The Morgan fingerprint density at radius 1 is 1.25 bits per heavy atom. The van der Waals surface area contributed by atoms with Crippen LogP contribution in [0.15, 0.2) is 18.2 Å². The van der Waals surface area contributed by atoms with Crippen LogP contribution in [0.3, 0.4) is 0 Å². The van der Waals surface area contributed by atoms with E-state index in [1.807, 2.05) is 6.92 Å². The number of rotatable bonds is 3. The maximum atomic E-state index is 9.81. The maximum Gasteiger partial charge on any atom is 0.0767 e. The lowest BCUT2D eigenvalue weighted by Gasteiger charge is -2.21. The minimum Gasteiger partial charge on any atom is -0.389 e. The van der Waals surface area contributed by atoms with E-state index in [-0.39, 0.29) is 6.10 Å². The number of hydrogen-bond acceptors (Lipinski definition) is 1. The lowest BCUT2D eigenvalue weighted by Crippen LogP contribution is -2.09. The third kappa shape index (κ3) is 3.64. The van der Waals surface area contributed by atoms with E-state index in [0.29, 0.717) is 5.41 Å². The molecule has 0 aliphatic heterocycles. The molecule has 1 unspecified atom stereocenters. The number of hydrogen-bond donors (Lipinski definition) is 1. The molecule has 90 valence electrons. The summed E-state index contributed by atoms with van der Waals surface area (Å²) in [4.78, 5) is 0. The van der Waals surface area contributed by atoms with E-state index in [4.69, 9.17) is 0 Å². The maximum absolute atomic E-state index is 9.81. The van der Waals surface area contributed by atoms with Crippen LogP contribution >= 0.6 is 0 Å². The van der Waals surface area contributed by atoms with Crippen LogP contribution in [0.1, 0.15) is 56.9 Å². The predicted molar refractivity (Wildman–Crippen MR) is 69.6 cm³/mol. The highest BCUT2D eigenvalue weighted by molar-refractivity contribution is 5.36. The van der Waals surface area contributed by atoms with Crippen LogP contribution in [0.4, 0.5) is 0 Å². The minimum absolute atomic E-state index is 0.347. The lowest BCUT2D eigenvalue weighted by molar-refractivity contribution is 0.197. The zero-order valence-electron chi connectivity index (χ0n) is 11.2. The van der Waals surface area contributed by atoms with Gasteiger partial charge < -0.3 is 5.11 Å². The number of aliphatic hydroxyl groups is 1. The molecule has 1 atom stereocenters. The molecule has 0 saturated heterocycles. The quantitative estimate of drug-likeness (QED) is 0.815. The first kappa shape index (κ1) is 13.2. The van der Waals surface area contributed by atoms with Gasteiger partial charge in [-0.3, -0.25) is 0 Å². The zero-order valence-corrected chi connectivity index (χ0v) is 11.2. The minimum atomic E-state index is -0.365. The summed E-state index contributed by atoms with van der Waals surface area (Å²) in [6.45, 7) is 10.7. The van der Waals surface area contributed by atoms with Gasteiger partial charge in [-0.1, -0.05) is 39.0 Å². The van der Waals surface area contributed by atoms with Crippen molar-refractivity contribution in [3.05, 3.63) is 34.9 Å². The summed E-state index contributed by atoms with van der Waals surface area (Å²) >= 11 is 0. The Bertz CT molecular complexity index is 345. The van der Waals surface area contributed by atoms with Crippen LogP contribution < -0.4 is 0 Å². The molecule has 0 spiro atoms. The predicted octanol–water partition coefficient (Wildman–Crippen LogP) is 4.03. The molecular weight excluding hydrogens is 196 g/mol. The smallest absolute Gasteiger partial charge is 0.0767 e. The second kappa shape index (κ2) is 5.01. The van der Waals surface area contributed by atoms with E-state index in [1.165, 1.54) is 11.1 Å². The molecule has 0 fully saturated rings. The summed E-state index contributed by atoms with van der Waals surface area (Å²) in [5.41, 5.74) is 3.96. The fourth-order valence-electron chi connectivity index (χ4n) is 2.07. The third-order valence-electron chi connectivity index (χ3n) is 2.98. The Kier molecular flexibility index (Phi) is 4.15. The van der Waals surface area contributed by atoms with E-state index in [1.54, 1.807) is 0 Å². The number of aliphatic hydroxyl groups excluding tert-OH is 1. The molecule has 16 heavy (non-hydrogen) atoms. The number of aryl methyl sites for hydroxylation is 2. The van der Waals surface area contributed by atoms with Gasteiger partial charge in [0.05, 0.1) is 6.10 Å². The summed E-state index contributed by atoms with van der Waals surface area (Å²) < 4.78 is 0. The van der Waals surface area contributed by atoms with Gasteiger partial charge in [-0.25, -0.2) is 0 Å². The van der Waals surface area contributed by atoms with Crippen molar-refractivity contribution in [2.75, 3.05) is 0 Å². The Morgan fingerprint density at radius 2 is 1.88 bits per heavy atom. The van der Waals surface area contributed by atoms with Crippen molar-refractivity contribution in [2.24, 2.45) is 5.41 Å². The van der Waals surface area contributed by atoms with Gasteiger partial charge in [0, 0.05) is 0 Å². The van der Waals surface area contributed by atoms with Crippen molar-refractivity contribution in [3.63, 3.8) is 0 Å². The highest BCUT2D eigenvalue weighted by Gasteiger charge is 2.14. The largest absolute Gasteiger partial charge is 0.389 e. The second-order valence-corrected chi connectivity index (χ2v) is 5.88. The molecule has 1 N–H and O–H groups in total. The van der Waals surface area contributed by atoms with E-state index >= 15 is 0 Å². The Balaban J connectivity index is 2.91. The van der Waals surface area contributed by atoms with Crippen LogP contribution in [0.2, 0.25) is 0 Å². The van der Waals surface area contributed by atoms with Gasteiger partial charge in [-0.15, -0.1) is 0 Å². The first-order valence-corrected chi connectivity index (χ1v) is 6.08. The van der Waals surface area contributed by atoms with Crippen LogP contribution in [0.5, 0.6) is 0 Å². The van der Waals surface area contributed by atoms with E-state index in [9.17, 15) is 5.11 Å². The molecule has 0 saturated carbocycles. The molecule has 0 aliphatic carbocycles. The zero-order chi connectivity index (χ0) is 12.3. The molecule has 1 heteroatoms. The van der Waals surface area contributed by atoms with Crippen LogP contribution in [-0.4, -0.2) is 5.11 Å². The molecule has 0 radical (unpaired) electrons. The fourth-order valence-corrected chi connectivity index (χ4v) is 2.07. The Morgan fingerprint density at radius 3 is 2.38 bits per heavy atom. The summed E-state index contributed by atoms with van der Waals surface area (Å²) in [7, 11) is 0. The van der Waals surface area contributed by atoms with Crippen LogP contribution in [0, 0.1) is 12.3 Å². The summed E-state index contributed by atoms with van der Waals surface area (Å²) in [5.74, 6) is 0. The molecular formula is C15H24O. The van der Waals surface area contributed by atoms with E-state index in [2.05, 4.69) is 45.9 Å². The molecule has 0 heterocycles. The van der Waals surface area contributed by atoms with E-state index < -0.39 is 0 Å². The van der Waals surface area contributed by atoms with Gasteiger partial charge in [-0.05, 0) is 48.8 Å². The topological polar surface area (TPSA) is 20.2 Å². The summed E-state index contributed by atoms with van der Waals surface area (Å²) in [6.07, 6.45) is 1.83. The van der Waals surface area contributed by atoms with Gasteiger partial charge in [0.2, 0.25) is 0 Å². The van der Waals surface area contributed by atoms with Crippen LogP contribution in [0.25, 0.3) is 0 Å². The standard InChI is InChI=1S/C15H24O/c1-11-7-6-8-13(14(11)12(2)16)9-10-15(3,4)5/h6-8,12,16H,9-10H2,1-5H3. The highest BCUT2D eigenvalue weighted by Crippen LogP contribution is 2.27. The average molecular weight is 220 g/mol. The van der Waals surface area contributed by atoms with Gasteiger partial charge >= 0.3 is 0 Å². The molecule has 1 aromatic rings. The van der Waals surface area contributed by atoms with Gasteiger partial charge in [0.15, 0.2) is 0 Å². The first-order valence-electron chi connectivity index (χ1n) is 6.08.